The van der Waals surface area contributed by atoms with Crippen molar-refractivity contribution in [2.75, 3.05) is 5.73 Å². The summed E-state index contributed by atoms with van der Waals surface area (Å²) in [6.45, 7) is 0. The SMILES string of the molecule is Nc1cc[c]c(C(=O)c2ccccc2)c1. The van der Waals surface area contributed by atoms with E-state index >= 15 is 0 Å². The minimum absolute atomic E-state index is 0.0529. The number of carbonyl (C=O) groups excluding carboxylic acids is 1. The molecule has 2 heteroatoms. The predicted octanol–water partition coefficient (Wildman–Crippen LogP) is 2.30. The van der Waals surface area contributed by atoms with Crippen molar-refractivity contribution < 1.29 is 4.79 Å². The predicted molar refractivity (Wildman–Crippen MR) is 59.6 cm³/mol. The number of hydrogen-bond donors (Lipinski definition) is 1. The lowest BCUT2D eigenvalue weighted by Gasteiger charge is -2.01. The van der Waals surface area contributed by atoms with Gasteiger partial charge >= 0.3 is 0 Å². The number of nitrogens with two attached hydrogens (primary N) is 1. The molecule has 0 atom stereocenters. The summed E-state index contributed by atoms with van der Waals surface area (Å²) < 4.78 is 0. The van der Waals surface area contributed by atoms with Crippen LogP contribution < -0.4 is 5.73 Å². The van der Waals surface area contributed by atoms with Gasteiger partial charge < -0.3 is 5.73 Å². The molecule has 15 heavy (non-hydrogen) atoms. The Morgan fingerprint density at radius 3 is 2.53 bits per heavy atom. The molecule has 1 radical (unpaired) electrons. The van der Waals surface area contributed by atoms with Crippen LogP contribution in [0.25, 0.3) is 0 Å². The first kappa shape index (κ1) is 9.46. The first-order valence-electron chi connectivity index (χ1n) is 4.64. The number of anilines is 1. The summed E-state index contributed by atoms with van der Waals surface area (Å²) in [6.07, 6.45) is 0. The molecule has 0 saturated carbocycles. The van der Waals surface area contributed by atoms with Gasteiger partial charge in [0.25, 0.3) is 0 Å². The van der Waals surface area contributed by atoms with Crippen LogP contribution in [0, 0.1) is 6.07 Å². The molecular formula is C13H10NO. The summed E-state index contributed by atoms with van der Waals surface area (Å²) >= 11 is 0. The molecule has 2 N–H and O–H groups in total. The van der Waals surface area contributed by atoms with Crippen LogP contribution in [-0.2, 0) is 0 Å². The van der Waals surface area contributed by atoms with E-state index in [4.69, 9.17) is 5.73 Å². The van der Waals surface area contributed by atoms with E-state index < -0.39 is 0 Å². The maximum Gasteiger partial charge on any atom is 0.193 e. The zero-order chi connectivity index (χ0) is 10.7. The number of hydrogen-bond acceptors (Lipinski definition) is 2. The van der Waals surface area contributed by atoms with Gasteiger partial charge in [0.05, 0.1) is 0 Å². The van der Waals surface area contributed by atoms with E-state index in [-0.39, 0.29) is 5.78 Å². The Labute approximate surface area is 88.4 Å². The Kier molecular flexibility index (Phi) is 2.50. The molecule has 0 fully saturated rings. The van der Waals surface area contributed by atoms with Gasteiger partial charge in [-0.1, -0.05) is 36.4 Å². The molecule has 2 aromatic rings. The Hall–Kier alpha value is -2.09. The first-order valence-corrected chi connectivity index (χ1v) is 4.64. The average molecular weight is 196 g/mol. The maximum atomic E-state index is 11.9. The van der Waals surface area contributed by atoms with E-state index in [0.717, 1.165) is 0 Å². The standard InChI is InChI=1S/C13H10NO/c14-12-8-4-7-11(9-12)13(15)10-5-2-1-3-6-10/h1-6,8-9H,14H2. The molecule has 0 heterocycles. The number of carbonyl (C=O) groups is 1. The molecular weight excluding hydrogens is 186 g/mol. The molecule has 73 valence electrons. The van der Waals surface area contributed by atoms with Crippen LogP contribution >= 0.6 is 0 Å². The zero-order valence-corrected chi connectivity index (χ0v) is 8.10. The van der Waals surface area contributed by atoms with Gasteiger partial charge in [0.15, 0.2) is 5.78 Å². The molecule has 0 amide bonds. The fourth-order valence-corrected chi connectivity index (χ4v) is 1.36. The highest BCUT2D eigenvalue weighted by Crippen LogP contribution is 2.11. The molecule has 2 nitrogen and oxygen atoms in total. The second-order valence-corrected chi connectivity index (χ2v) is 3.23. The van der Waals surface area contributed by atoms with Crippen molar-refractivity contribution >= 4 is 11.5 Å². The molecule has 0 saturated heterocycles. The summed E-state index contributed by atoms with van der Waals surface area (Å²) in [5.74, 6) is -0.0529. The second-order valence-electron chi connectivity index (χ2n) is 3.23. The Bertz CT molecular complexity index is 477. The summed E-state index contributed by atoms with van der Waals surface area (Å²) in [4.78, 5) is 11.9. The largest absolute Gasteiger partial charge is 0.399 e. The van der Waals surface area contributed by atoms with E-state index in [2.05, 4.69) is 6.07 Å². The maximum absolute atomic E-state index is 11.9. The van der Waals surface area contributed by atoms with Crippen LogP contribution in [0.15, 0.2) is 48.5 Å². The molecule has 2 aromatic carbocycles. The number of rotatable bonds is 2. The Morgan fingerprint density at radius 2 is 1.87 bits per heavy atom. The molecule has 0 spiro atoms. The van der Waals surface area contributed by atoms with E-state index in [1.54, 1.807) is 30.3 Å². The van der Waals surface area contributed by atoms with Gasteiger partial charge in [-0.25, -0.2) is 0 Å². The average Bonchev–Trinajstić information content (AvgIpc) is 2.29. The van der Waals surface area contributed by atoms with Crippen molar-refractivity contribution in [3.63, 3.8) is 0 Å². The quantitative estimate of drug-likeness (QED) is 0.591. The van der Waals surface area contributed by atoms with Crippen molar-refractivity contribution in [3.05, 3.63) is 65.7 Å². The van der Waals surface area contributed by atoms with Gasteiger partial charge in [0.1, 0.15) is 0 Å². The van der Waals surface area contributed by atoms with Crippen molar-refractivity contribution in [1.29, 1.82) is 0 Å². The third-order valence-corrected chi connectivity index (χ3v) is 2.11. The van der Waals surface area contributed by atoms with Crippen molar-refractivity contribution in [2.24, 2.45) is 0 Å². The summed E-state index contributed by atoms with van der Waals surface area (Å²) in [5, 5.41) is 0. The molecule has 0 aliphatic carbocycles. The van der Waals surface area contributed by atoms with Gasteiger partial charge in [-0.2, -0.15) is 0 Å². The second kappa shape index (κ2) is 3.96. The third kappa shape index (κ3) is 2.05. The minimum atomic E-state index is -0.0529. The Balaban J connectivity index is 2.37. The number of ketones is 1. The summed E-state index contributed by atoms with van der Waals surface area (Å²) in [7, 11) is 0. The highest BCUT2D eigenvalue weighted by molar-refractivity contribution is 6.09. The topological polar surface area (TPSA) is 43.1 Å². The van der Waals surface area contributed by atoms with Crippen molar-refractivity contribution in [3.8, 4) is 0 Å². The van der Waals surface area contributed by atoms with Crippen molar-refractivity contribution in [1.82, 2.24) is 0 Å². The Morgan fingerprint density at radius 1 is 1.13 bits per heavy atom. The molecule has 0 unspecified atom stereocenters. The summed E-state index contributed by atoms with van der Waals surface area (Å²) in [6, 6.07) is 17.0. The highest BCUT2D eigenvalue weighted by atomic mass is 16.1. The van der Waals surface area contributed by atoms with Crippen LogP contribution in [0.2, 0.25) is 0 Å². The molecule has 0 aliphatic heterocycles. The van der Waals surface area contributed by atoms with Gasteiger partial charge in [0.2, 0.25) is 0 Å². The van der Waals surface area contributed by atoms with Crippen LogP contribution in [0.3, 0.4) is 0 Å². The number of benzene rings is 2. The van der Waals surface area contributed by atoms with Gasteiger partial charge in [-0.3, -0.25) is 4.79 Å². The van der Waals surface area contributed by atoms with Crippen molar-refractivity contribution in [2.45, 2.75) is 0 Å². The molecule has 2 rings (SSSR count). The molecule has 0 aliphatic rings. The number of nitrogen functional groups attached to an aromatic ring is 1. The lowest BCUT2D eigenvalue weighted by atomic mass is 10.0. The fraction of sp³-hybridized carbons (Fsp3) is 0. The first-order chi connectivity index (χ1) is 7.27. The van der Waals surface area contributed by atoms with Crippen LogP contribution in [0.5, 0.6) is 0 Å². The summed E-state index contributed by atoms with van der Waals surface area (Å²) in [5.41, 5.74) is 7.33. The van der Waals surface area contributed by atoms with E-state index in [0.29, 0.717) is 16.8 Å². The van der Waals surface area contributed by atoms with Crippen LogP contribution in [-0.4, -0.2) is 5.78 Å². The lowest BCUT2D eigenvalue weighted by Crippen LogP contribution is -2.01. The van der Waals surface area contributed by atoms with Gasteiger partial charge in [-0.05, 0) is 18.2 Å². The van der Waals surface area contributed by atoms with Gasteiger partial charge in [0, 0.05) is 16.8 Å². The monoisotopic (exact) mass is 196 g/mol. The minimum Gasteiger partial charge on any atom is -0.399 e. The smallest absolute Gasteiger partial charge is 0.193 e. The van der Waals surface area contributed by atoms with E-state index in [9.17, 15) is 4.79 Å². The molecule has 0 bridgehead atoms. The lowest BCUT2D eigenvalue weighted by molar-refractivity contribution is 0.103. The fourth-order valence-electron chi connectivity index (χ4n) is 1.36. The van der Waals surface area contributed by atoms with Crippen LogP contribution in [0.1, 0.15) is 15.9 Å². The van der Waals surface area contributed by atoms with E-state index in [1.165, 1.54) is 0 Å². The van der Waals surface area contributed by atoms with E-state index in [1.807, 2.05) is 18.2 Å². The normalized spacial score (nSPS) is 9.87. The molecule has 0 aromatic heterocycles. The van der Waals surface area contributed by atoms with Gasteiger partial charge in [-0.15, -0.1) is 0 Å². The van der Waals surface area contributed by atoms with Crippen LogP contribution in [0.4, 0.5) is 5.69 Å². The third-order valence-electron chi connectivity index (χ3n) is 2.11. The highest BCUT2D eigenvalue weighted by Gasteiger charge is 2.07. The zero-order valence-electron chi connectivity index (χ0n) is 8.10.